The number of aryl methyl sites for hydroxylation is 1. The van der Waals surface area contributed by atoms with Gasteiger partial charge in [0.2, 0.25) is 17.7 Å². The molecule has 8 nitrogen and oxygen atoms in total. The lowest BCUT2D eigenvalue weighted by Gasteiger charge is -2.20. The highest BCUT2D eigenvalue weighted by Gasteiger charge is 2.37. The average Bonchev–Trinajstić information content (AvgIpc) is 3.19. The van der Waals surface area contributed by atoms with Gasteiger partial charge in [0, 0.05) is 25.7 Å². The fourth-order valence-electron chi connectivity index (χ4n) is 2.94. The molecule has 1 fully saturated rings. The molecule has 0 spiro atoms. The molecule has 0 saturated carbocycles. The first kappa shape index (κ1) is 18.2. The van der Waals surface area contributed by atoms with Crippen LogP contribution in [0.25, 0.3) is 0 Å². The number of amides is 2. The minimum Gasteiger partial charge on any atom is -0.495 e. The van der Waals surface area contributed by atoms with E-state index in [4.69, 9.17) is 20.9 Å². The predicted octanol–water partition coefficient (Wildman–Crippen LogP) is 2.05. The summed E-state index contributed by atoms with van der Waals surface area (Å²) < 4.78 is 10.2. The van der Waals surface area contributed by atoms with Crippen molar-refractivity contribution in [2.24, 2.45) is 5.92 Å². The third-order valence-corrected chi connectivity index (χ3v) is 4.53. The van der Waals surface area contributed by atoms with Gasteiger partial charge >= 0.3 is 0 Å². The summed E-state index contributed by atoms with van der Waals surface area (Å²) in [6.45, 7) is 2.22. The van der Waals surface area contributed by atoms with Crippen molar-refractivity contribution >= 4 is 29.1 Å². The average molecular weight is 379 g/mol. The molecular formula is C17H19ClN4O4. The normalized spacial score (nSPS) is 16.8. The lowest BCUT2D eigenvalue weighted by molar-refractivity contribution is -0.135. The van der Waals surface area contributed by atoms with Gasteiger partial charge in [0.25, 0.3) is 0 Å². The van der Waals surface area contributed by atoms with Crippen LogP contribution < -0.4 is 9.64 Å². The Balaban J connectivity index is 1.68. The number of ether oxygens (including phenoxy) is 1. The van der Waals surface area contributed by atoms with E-state index < -0.39 is 5.92 Å². The molecular weight excluding hydrogens is 360 g/mol. The third-order valence-electron chi connectivity index (χ3n) is 4.24. The molecule has 1 atom stereocenters. The number of anilines is 1. The van der Waals surface area contributed by atoms with E-state index in [2.05, 4.69) is 10.1 Å². The summed E-state index contributed by atoms with van der Waals surface area (Å²) in [4.78, 5) is 32.2. The molecule has 2 heterocycles. The zero-order valence-electron chi connectivity index (χ0n) is 14.7. The molecule has 138 valence electrons. The minimum absolute atomic E-state index is 0.119. The number of aromatic nitrogens is 2. The van der Waals surface area contributed by atoms with Gasteiger partial charge in [-0.1, -0.05) is 16.8 Å². The first-order chi connectivity index (χ1) is 12.4. The van der Waals surface area contributed by atoms with Gasteiger partial charge in [0.15, 0.2) is 5.82 Å². The van der Waals surface area contributed by atoms with Gasteiger partial charge in [-0.2, -0.15) is 4.98 Å². The van der Waals surface area contributed by atoms with E-state index in [-0.39, 0.29) is 24.8 Å². The first-order valence-electron chi connectivity index (χ1n) is 8.07. The Bertz CT molecular complexity index is 838. The molecule has 1 aromatic heterocycles. The number of hydrogen-bond acceptors (Lipinski definition) is 6. The number of nitrogens with zero attached hydrogens (tertiary/aromatic N) is 4. The Morgan fingerprint density at radius 1 is 1.50 bits per heavy atom. The highest BCUT2D eigenvalue weighted by atomic mass is 35.5. The van der Waals surface area contributed by atoms with Gasteiger partial charge in [-0.15, -0.1) is 0 Å². The molecule has 2 amide bonds. The van der Waals surface area contributed by atoms with Crippen molar-refractivity contribution in [3.05, 3.63) is 34.9 Å². The van der Waals surface area contributed by atoms with E-state index in [0.717, 1.165) is 0 Å². The van der Waals surface area contributed by atoms with Gasteiger partial charge in [-0.3, -0.25) is 9.59 Å². The van der Waals surface area contributed by atoms with Crippen LogP contribution in [-0.2, 0) is 16.1 Å². The van der Waals surface area contributed by atoms with Crippen LogP contribution in [0.1, 0.15) is 18.1 Å². The van der Waals surface area contributed by atoms with Crippen molar-refractivity contribution in [1.29, 1.82) is 0 Å². The summed E-state index contributed by atoms with van der Waals surface area (Å²) in [5, 5.41) is 4.12. The fraction of sp³-hybridized carbons (Fsp3) is 0.412. The summed E-state index contributed by atoms with van der Waals surface area (Å²) in [5.41, 5.74) is 0.645. The highest BCUT2D eigenvalue weighted by molar-refractivity contribution is 6.32. The first-order valence-corrected chi connectivity index (χ1v) is 8.45. The number of halogens is 1. The maximum Gasteiger partial charge on any atom is 0.246 e. The predicted molar refractivity (Wildman–Crippen MR) is 94.0 cm³/mol. The SMILES string of the molecule is COc1ccc(N2C[C@@H](C(=O)N(C)Cc3nc(C)no3)CC2=O)cc1Cl. The summed E-state index contributed by atoms with van der Waals surface area (Å²) in [7, 11) is 3.18. The fourth-order valence-corrected chi connectivity index (χ4v) is 3.19. The third kappa shape index (κ3) is 3.65. The largest absolute Gasteiger partial charge is 0.495 e. The quantitative estimate of drug-likeness (QED) is 0.791. The summed E-state index contributed by atoms with van der Waals surface area (Å²) in [5.74, 6) is 0.713. The molecule has 1 saturated heterocycles. The van der Waals surface area contributed by atoms with Gasteiger partial charge < -0.3 is 19.1 Å². The van der Waals surface area contributed by atoms with Crippen molar-refractivity contribution in [2.45, 2.75) is 19.9 Å². The second-order valence-corrected chi connectivity index (χ2v) is 6.56. The van der Waals surface area contributed by atoms with Crippen molar-refractivity contribution < 1.29 is 18.8 Å². The van der Waals surface area contributed by atoms with Gasteiger partial charge in [0.1, 0.15) is 5.75 Å². The number of methoxy groups -OCH3 is 1. The molecule has 1 aliphatic heterocycles. The van der Waals surface area contributed by atoms with Crippen LogP contribution in [0.3, 0.4) is 0 Å². The highest BCUT2D eigenvalue weighted by Crippen LogP contribution is 2.32. The van der Waals surface area contributed by atoms with Crippen LogP contribution in [0.5, 0.6) is 5.75 Å². The number of hydrogen-bond donors (Lipinski definition) is 0. The lowest BCUT2D eigenvalue weighted by Crippen LogP contribution is -2.34. The van der Waals surface area contributed by atoms with Crippen molar-refractivity contribution in [3.63, 3.8) is 0 Å². The van der Waals surface area contributed by atoms with E-state index in [1.807, 2.05) is 0 Å². The van der Waals surface area contributed by atoms with E-state index in [9.17, 15) is 9.59 Å². The molecule has 2 aromatic rings. The minimum atomic E-state index is -0.433. The Morgan fingerprint density at radius 2 is 2.27 bits per heavy atom. The maximum atomic E-state index is 12.7. The zero-order valence-corrected chi connectivity index (χ0v) is 15.5. The zero-order chi connectivity index (χ0) is 18.8. The molecule has 1 aliphatic rings. The molecule has 0 bridgehead atoms. The standard InChI is InChI=1S/C17H19ClN4O4/c1-10-19-15(26-20-10)9-21(2)17(24)11-6-16(23)22(8-11)12-4-5-14(25-3)13(18)7-12/h4-5,7,11H,6,8-9H2,1-3H3/t11-/m0/s1. The molecule has 1 aromatic carbocycles. The monoisotopic (exact) mass is 378 g/mol. The van der Waals surface area contributed by atoms with Crippen molar-refractivity contribution in [3.8, 4) is 5.75 Å². The van der Waals surface area contributed by atoms with Gasteiger partial charge in [-0.25, -0.2) is 0 Å². The van der Waals surface area contributed by atoms with E-state index in [1.54, 1.807) is 37.1 Å². The molecule has 26 heavy (non-hydrogen) atoms. The second kappa shape index (κ2) is 7.33. The van der Waals surface area contributed by atoms with Crippen LogP contribution in [0, 0.1) is 12.8 Å². The number of carbonyl (C=O) groups excluding carboxylic acids is 2. The number of benzene rings is 1. The Hall–Kier alpha value is -2.61. The number of carbonyl (C=O) groups is 2. The molecule has 0 aliphatic carbocycles. The number of rotatable bonds is 5. The Kier molecular flexibility index (Phi) is 5.13. The molecule has 9 heteroatoms. The molecule has 0 unspecified atom stereocenters. The van der Waals surface area contributed by atoms with E-state index in [0.29, 0.717) is 34.7 Å². The Morgan fingerprint density at radius 3 is 2.88 bits per heavy atom. The summed E-state index contributed by atoms with van der Waals surface area (Å²) >= 11 is 6.14. The molecule has 3 rings (SSSR count). The van der Waals surface area contributed by atoms with Gasteiger partial charge in [-0.05, 0) is 25.1 Å². The van der Waals surface area contributed by atoms with Crippen LogP contribution in [-0.4, -0.2) is 47.6 Å². The summed E-state index contributed by atoms with van der Waals surface area (Å²) in [6, 6.07) is 5.11. The Labute approximate surface area is 155 Å². The van der Waals surface area contributed by atoms with E-state index >= 15 is 0 Å². The van der Waals surface area contributed by atoms with Crippen LogP contribution >= 0.6 is 11.6 Å². The topological polar surface area (TPSA) is 88.8 Å². The summed E-state index contributed by atoms with van der Waals surface area (Å²) in [6.07, 6.45) is 0.148. The van der Waals surface area contributed by atoms with Crippen molar-refractivity contribution in [2.75, 3.05) is 25.6 Å². The van der Waals surface area contributed by atoms with Crippen LogP contribution in [0.4, 0.5) is 5.69 Å². The smallest absolute Gasteiger partial charge is 0.246 e. The van der Waals surface area contributed by atoms with E-state index in [1.165, 1.54) is 12.0 Å². The van der Waals surface area contributed by atoms with Crippen LogP contribution in [0.2, 0.25) is 5.02 Å². The molecule has 0 N–H and O–H groups in total. The van der Waals surface area contributed by atoms with Crippen LogP contribution in [0.15, 0.2) is 22.7 Å². The second-order valence-electron chi connectivity index (χ2n) is 6.15. The maximum absolute atomic E-state index is 12.7. The van der Waals surface area contributed by atoms with Gasteiger partial charge in [0.05, 0.1) is 24.6 Å². The lowest BCUT2D eigenvalue weighted by atomic mass is 10.1. The van der Waals surface area contributed by atoms with Crippen molar-refractivity contribution in [1.82, 2.24) is 15.0 Å². The molecule has 0 radical (unpaired) electrons.